The van der Waals surface area contributed by atoms with Crippen molar-refractivity contribution in [2.45, 2.75) is 13.8 Å². The van der Waals surface area contributed by atoms with Gasteiger partial charge in [0, 0.05) is 0 Å². The molecule has 0 aromatic heterocycles. The van der Waals surface area contributed by atoms with Gasteiger partial charge in [0.05, 0.1) is 5.92 Å². The van der Waals surface area contributed by atoms with Gasteiger partial charge in [-0.2, -0.15) is 0 Å². The largest absolute Gasteiger partial charge is 0.367 e. The van der Waals surface area contributed by atoms with Crippen LogP contribution in [0.1, 0.15) is 13.8 Å². The van der Waals surface area contributed by atoms with E-state index in [4.69, 9.17) is 0 Å². The Balaban J connectivity index is 3.33. The van der Waals surface area contributed by atoms with Crippen molar-refractivity contribution < 1.29 is 9.63 Å². The van der Waals surface area contributed by atoms with Gasteiger partial charge in [-0.3, -0.25) is 4.79 Å². The maximum Gasteiger partial charge on any atom is 0.327 e. The van der Waals surface area contributed by atoms with Crippen LogP contribution >= 0.6 is 9.39 Å². The molecule has 48 valence electrons. The number of carbonyl (C=O) groups is 1. The van der Waals surface area contributed by atoms with E-state index in [1.807, 2.05) is 0 Å². The standard InChI is InChI=1S/C4H10NO2P/c1-3(2)4(6)7-5-8/h3,5H,8H2,1-2H3. The molecule has 0 radical (unpaired) electrons. The second-order valence-corrected chi connectivity index (χ2v) is 1.93. The maximum absolute atomic E-state index is 10.4. The molecule has 0 aromatic rings. The average molecular weight is 135 g/mol. The van der Waals surface area contributed by atoms with Crippen molar-refractivity contribution in [3.8, 4) is 0 Å². The molecule has 0 amide bonds. The first-order chi connectivity index (χ1) is 3.68. The normalized spacial score (nSPS) is 9.50. The summed E-state index contributed by atoms with van der Waals surface area (Å²) < 4.78 is 0. The summed E-state index contributed by atoms with van der Waals surface area (Å²) in [5.74, 6) is -0.317. The van der Waals surface area contributed by atoms with Crippen LogP contribution in [0.25, 0.3) is 0 Å². The number of hydrogen-bond acceptors (Lipinski definition) is 3. The van der Waals surface area contributed by atoms with Gasteiger partial charge in [-0.05, 0) is 9.39 Å². The summed E-state index contributed by atoms with van der Waals surface area (Å²) in [5.41, 5.74) is 0. The van der Waals surface area contributed by atoms with Crippen LogP contribution in [0, 0.1) is 5.92 Å². The van der Waals surface area contributed by atoms with E-state index in [-0.39, 0.29) is 11.9 Å². The van der Waals surface area contributed by atoms with Gasteiger partial charge < -0.3 is 4.84 Å². The molecule has 0 fully saturated rings. The SMILES string of the molecule is CC(C)C(=O)ONP. The van der Waals surface area contributed by atoms with Crippen molar-refractivity contribution in [2.24, 2.45) is 5.92 Å². The monoisotopic (exact) mass is 135 g/mol. The molecule has 1 unspecified atom stereocenters. The zero-order chi connectivity index (χ0) is 6.57. The zero-order valence-electron chi connectivity index (χ0n) is 4.97. The molecule has 0 spiro atoms. The molecule has 1 N–H and O–H groups in total. The zero-order valence-corrected chi connectivity index (χ0v) is 6.13. The van der Waals surface area contributed by atoms with E-state index in [2.05, 4.69) is 19.5 Å². The summed E-state index contributed by atoms with van der Waals surface area (Å²) in [6, 6.07) is 0. The van der Waals surface area contributed by atoms with Gasteiger partial charge in [-0.1, -0.05) is 13.8 Å². The summed E-state index contributed by atoms with van der Waals surface area (Å²) in [6.07, 6.45) is 0. The van der Waals surface area contributed by atoms with Crippen LogP contribution in [-0.4, -0.2) is 5.97 Å². The first-order valence-corrected chi connectivity index (χ1v) is 2.92. The molecule has 8 heavy (non-hydrogen) atoms. The van der Waals surface area contributed by atoms with E-state index in [0.29, 0.717) is 0 Å². The Kier molecular flexibility index (Phi) is 3.75. The fraction of sp³-hybridized carbons (Fsp3) is 0.750. The Morgan fingerprint density at radius 1 is 1.75 bits per heavy atom. The van der Waals surface area contributed by atoms with Crippen molar-refractivity contribution in [2.75, 3.05) is 0 Å². The lowest BCUT2D eigenvalue weighted by atomic mass is 10.2. The molecule has 0 bridgehead atoms. The summed E-state index contributed by atoms with van der Waals surface area (Å²) in [7, 11) is 2.08. The van der Waals surface area contributed by atoms with Crippen molar-refractivity contribution in [3.63, 3.8) is 0 Å². The van der Waals surface area contributed by atoms with Crippen LogP contribution in [0.15, 0.2) is 0 Å². The van der Waals surface area contributed by atoms with Crippen LogP contribution in [0.4, 0.5) is 0 Å². The predicted molar refractivity (Wildman–Crippen MR) is 33.8 cm³/mol. The van der Waals surface area contributed by atoms with E-state index in [1.54, 1.807) is 13.8 Å². The maximum atomic E-state index is 10.4. The summed E-state index contributed by atoms with van der Waals surface area (Å²) in [5, 5.41) is 2.22. The molecule has 0 saturated carbocycles. The highest BCUT2D eigenvalue weighted by Gasteiger charge is 2.05. The van der Waals surface area contributed by atoms with E-state index in [9.17, 15) is 4.79 Å². The molecule has 0 aromatic carbocycles. The first-order valence-electron chi connectivity index (χ1n) is 2.34. The van der Waals surface area contributed by atoms with Crippen LogP contribution in [0.2, 0.25) is 0 Å². The first kappa shape index (κ1) is 7.86. The van der Waals surface area contributed by atoms with E-state index in [1.165, 1.54) is 0 Å². The van der Waals surface area contributed by atoms with E-state index in [0.717, 1.165) is 0 Å². The molecular formula is C4H10NO2P. The van der Waals surface area contributed by atoms with Crippen molar-refractivity contribution in [1.29, 1.82) is 0 Å². The Labute approximate surface area is 51.0 Å². The third-order valence-electron chi connectivity index (χ3n) is 0.631. The number of carbonyl (C=O) groups excluding carboxylic acids is 1. The van der Waals surface area contributed by atoms with Gasteiger partial charge in [0.2, 0.25) is 0 Å². The molecular weight excluding hydrogens is 125 g/mol. The summed E-state index contributed by atoms with van der Waals surface area (Å²) in [6.45, 7) is 3.54. The summed E-state index contributed by atoms with van der Waals surface area (Å²) in [4.78, 5) is 14.8. The van der Waals surface area contributed by atoms with Crippen molar-refractivity contribution >= 4 is 15.4 Å². The molecule has 4 heteroatoms. The van der Waals surface area contributed by atoms with Gasteiger partial charge >= 0.3 is 5.97 Å². The molecule has 3 nitrogen and oxygen atoms in total. The quantitative estimate of drug-likeness (QED) is 0.442. The lowest BCUT2D eigenvalue weighted by molar-refractivity contribution is -0.150. The molecule has 0 aliphatic rings. The highest BCUT2D eigenvalue weighted by molar-refractivity contribution is 7.13. The predicted octanol–water partition coefficient (Wildman–Crippen LogP) is 0.480. The molecule has 0 rings (SSSR count). The Morgan fingerprint density at radius 3 is 2.38 bits per heavy atom. The smallest absolute Gasteiger partial charge is 0.327 e. The van der Waals surface area contributed by atoms with Gasteiger partial charge in [0.1, 0.15) is 0 Å². The lowest BCUT2D eigenvalue weighted by Gasteiger charge is -2.01. The second kappa shape index (κ2) is 3.81. The minimum atomic E-state index is -0.250. The number of nitrogens with one attached hydrogen (secondary N) is 1. The minimum Gasteiger partial charge on any atom is -0.367 e. The second-order valence-electron chi connectivity index (χ2n) is 1.69. The van der Waals surface area contributed by atoms with Gasteiger partial charge in [-0.15, -0.1) is 5.25 Å². The van der Waals surface area contributed by atoms with Crippen LogP contribution < -0.4 is 5.25 Å². The number of rotatable bonds is 2. The third kappa shape index (κ3) is 2.94. The highest BCUT2D eigenvalue weighted by atomic mass is 31.0. The van der Waals surface area contributed by atoms with Crippen molar-refractivity contribution in [1.82, 2.24) is 5.25 Å². The Hall–Kier alpha value is -0.140. The van der Waals surface area contributed by atoms with Crippen LogP contribution in [-0.2, 0) is 9.63 Å². The molecule has 1 atom stereocenters. The average Bonchev–Trinajstić information content (AvgIpc) is 1.67. The minimum absolute atomic E-state index is 0.0666. The molecule has 0 saturated heterocycles. The van der Waals surface area contributed by atoms with E-state index < -0.39 is 0 Å². The fourth-order valence-corrected chi connectivity index (χ4v) is 0.292. The van der Waals surface area contributed by atoms with Gasteiger partial charge in [0.15, 0.2) is 0 Å². The number of hydrogen-bond donors (Lipinski definition) is 1. The fourth-order valence-electron chi connectivity index (χ4n) is 0.176. The highest BCUT2D eigenvalue weighted by Crippen LogP contribution is 1.93. The Morgan fingerprint density at radius 2 is 2.25 bits per heavy atom. The third-order valence-corrected chi connectivity index (χ3v) is 0.749. The van der Waals surface area contributed by atoms with Gasteiger partial charge in [0.25, 0.3) is 0 Å². The molecule has 0 heterocycles. The molecule has 0 aliphatic carbocycles. The van der Waals surface area contributed by atoms with Crippen molar-refractivity contribution in [3.05, 3.63) is 0 Å². The topological polar surface area (TPSA) is 38.3 Å². The van der Waals surface area contributed by atoms with E-state index >= 15 is 0 Å². The summed E-state index contributed by atoms with van der Waals surface area (Å²) >= 11 is 0. The Bertz CT molecular complexity index is 84.1. The van der Waals surface area contributed by atoms with Crippen LogP contribution in [0.5, 0.6) is 0 Å². The van der Waals surface area contributed by atoms with Crippen LogP contribution in [0.3, 0.4) is 0 Å². The molecule has 0 aliphatic heterocycles. The lowest BCUT2D eigenvalue weighted by Crippen LogP contribution is -2.15. The van der Waals surface area contributed by atoms with Gasteiger partial charge in [-0.25, -0.2) is 0 Å².